The molecular formula is C14H20ClN3O3S. The Morgan fingerprint density at radius 2 is 2.14 bits per heavy atom. The Bertz CT molecular complexity index is 583. The summed E-state index contributed by atoms with van der Waals surface area (Å²) >= 11 is 5.88. The molecule has 1 aromatic rings. The zero-order chi connectivity index (χ0) is 16.5. The molecule has 1 aliphatic heterocycles. The van der Waals surface area contributed by atoms with Gasteiger partial charge >= 0.3 is 6.09 Å². The molecule has 0 aliphatic carbocycles. The fourth-order valence-corrected chi connectivity index (χ4v) is 3.78. The van der Waals surface area contributed by atoms with Crippen molar-refractivity contribution in [1.29, 1.82) is 0 Å². The van der Waals surface area contributed by atoms with Crippen LogP contribution in [0.5, 0.6) is 0 Å². The number of carbonyl (C=O) groups is 1. The van der Waals surface area contributed by atoms with Gasteiger partial charge in [0.05, 0.1) is 16.0 Å². The number of aryl methyl sites for hydroxylation is 1. The lowest BCUT2D eigenvalue weighted by Crippen LogP contribution is -2.36. The van der Waals surface area contributed by atoms with Crippen molar-refractivity contribution in [1.82, 2.24) is 14.9 Å². The lowest BCUT2D eigenvalue weighted by molar-refractivity contribution is 0.0295. The smallest absolute Gasteiger partial charge is 0.410 e. The van der Waals surface area contributed by atoms with Crippen LogP contribution in [-0.2, 0) is 15.5 Å². The summed E-state index contributed by atoms with van der Waals surface area (Å²) in [5, 5.41) is 0.296. The molecule has 2 heterocycles. The molecule has 1 amide bonds. The van der Waals surface area contributed by atoms with Crippen LogP contribution >= 0.6 is 11.6 Å². The van der Waals surface area contributed by atoms with Gasteiger partial charge in [0.15, 0.2) is 0 Å². The number of halogens is 1. The van der Waals surface area contributed by atoms with E-state index in [0.29, 0.717) is 25.2 Å². The van der Waals surface area contributed by atoms with Gasteiger partial charge in [0, 0.05) is 18.8 Å². The highest BCUT2D eigenvalue weighted by molar-refractivity contribution is 7.85. The molecule has 22 heavy (non-hydrogen) atoms. The van der Waals surface area contributed by atoms with Crippen molar-refractivity contribution in [3.05, 3.63) is 16.9 Å². The average molecular weight is 346 g/mol. The quantitative estimate of drug-likeness (QED) is 0.608. The monoisotopic (exact) mass is 345 g/mol. The molecule has 122 valence electrons. The van der Waals surface area contributed by atoms with E-state index in [4.69, 9.17) is 16.3 Å². The van der Waals surface area contributed by atoms with Crippen LogP contribution in [-0.4, -0.2) is 49.1 Å². The van der Waals surface area contributed by atoms with Crippen LogP contribution in [0.15, 0.2) is 11.2 Å². The molecular weight excluding hydrogens is 326 g/mol. The Morgan fingerprint density at radius 3 is 2.73 bits per heavy atom. The van der Waals surface area contributed by atoms with E-state index in [1.54, 1.807) is 17.9 Å². The molecule has 0 N–H and O–H groups in total. The van der Waals surface area contributed by atoms with E-state index < -0.39 is 16.4 Å². The molecule has 0 spiro atoms. The second kappa shape index (κ2) is 6.50. The van der Waals surface area contributed by atoms with Gasteiger partial charge in [-0.3, -0.25) is 4.21 Å². The number of hydrogen-bond donors (Lipinski definition) is 0. The lowest BCUT2D eigenvalue weighted by Gasteiger charge is -2.24. The van der Waals surface area contributed by atoms with Gasteiger partial charge < -0.3 is 9.64 Å². The van der Waals surface area contributed by atoms with Crippen molar-refractivity contribution in [2.75, 3.05) is 13.1 Å². The first-order valence-electron chi connectivity index (χ1n) is 7.05. The third kappa shape index (κ3) is 4.39. The maximum Gasteiger partial charge on any atom is 0.410 e. The predicted molar refractivity (Wildman–Crippen MR) is 84.4 cm³/mol. The summed E-state index contributed by atoms with van der Waals surface area (Å²) in [6.45, 7) is 8.12. The number of hydrogen-bond acceptors (Lipinski definition) is 5. The Balaban J connectivity index is 2.03. The molecule has 2 rings (SSSR count). The number of aromatic nitrogens is 2. The molecule has 8 heteroatoms. The first-order valence-corrected chi connectivity index (χ1v) is 8.64. The molecule has 1 saturated heterocycles. The van der Waals surface area contributed by atoms with Gasteiger partial charge in [-0.2, -0.15) is 0 Å². The minimum absolute atomic E-state index is 0.203. The van der Waals surface area contributed by atoms with Gasteiger partial charge in [-0.1, -0.05) is 11.6 Å². The predicted octanol–water partition coefficient (Wildman–Crippen LogP) is 2.56. The van der Waals surface area contributed by atoms with Crippen molar-refractivity contribution in [3.63, 3.8) is 0 Å². The zero-order valence-corrected chi connectivity index (χ0v) is 14.7. The van der Waals surface area contributed by atoms with Crippen molar-refractivity contribution in [2.24, 2.45) is 0 Å². The second-order valence-electron chi connectivity index (χ2n) is 6.25. The van der Waals surface area contributed by atoms with Crippen LogP contribution < -0.4 is 0 Å². The van der Waals surface area contributed by atoms with Gasteiger partial charge in [0.2, 0.25) is 5.16 Å². The summed E-state index contributed by atoms with van der Waals surface area (Å²) in [6, 6.07) is 1.61. The fourth-order valence-electron chi connectivity index (χ4n) is 2.14. The summed E-state index contributed by atoms with van der Waals surface area (Å²) in [7, 11) is -1.40. The van der Waals surface area contributed by atoms with E-state index in [9.17, 15) is 9.00 Å². The fraction of sp³-hybridized carbons (Fsp3) is 0.643. The topological polar surface area (TPSA) is 72.4 Å². The van der Waals surface area contributed by atoms with E-state index in [0.717, 1.165) is 0 Å². The summed E-state index contributed by atoms with van der Waals surface area (Å²) in [5.74, 6) is 0. The van der Waals surface area contributed by atoms with Gasteiger partial charge in [0.25, 0.3) is 0 Å². The second-order valence-corrected chi connectivity index (χ2v) is 8.26. The Kier molecular flexibility index (Phi) is 5.07. The maximum absolute atomic E-state index is 12.6. The molecule has 6 nitrogen and oxygen atoms in total. The Labute approximate surface area is 137 Å². The number of ether oxygens (including phenoxy) is 1. The molecule has 1 aliphatic rings. The van der Waals surface area contributed by atoms with Gasteiger partial charge in [-0.25, -0.2) is 14.8 Å². The number of amides is 1. The highest BCUT2D eigenvalue weighted by Crippen LogP contribution is 2.21. The molecule has 1 aromatic heterocycles. The minimum Gasteiger partial charge on any atom is -0.444 e. The first-order chi connectivity index (χ1) is 10.2. The van der Waals surface area contributed by atoms with E-state index in [-0.39, 0.29) is 21.7 Å². The number of rotatable bonds is 2. The van der Waals surface area contributed by atoms with Crippen LogP contribution in [0.1, 0.15) is 32.9 Å². The molecule has 1 unspecified atom stereocenters. The Morgan fingerprint density at radius 1 is 1.45 bits per heavy atom. The summed E-state index contributed by atoms with van der Waals surface area (Å²) in [6.07, 6.45) is 0.246. The highest BCUT2D eigenvalue weighted by atomic mass is 35.5. The third-order valence-corrected chi connectivity index (χ3v) is 4.81. The van der Waals surface area contributed by atoms with Crippen molar-refractivity contribution in [2.45, 2.75) is 50.1 Å². The van der Waals surface area contributed by atoms with E-state index in [1.165, 1.54) is 0 Å². The van der Waals surface area contributed by atoms with Gasteiger partial charge in [-0.05, 0) is 40.2 Å². The minimum atomic E-state index is -1.40. The first kappa shape index (κ1) is 17.1. The summed E-state index contributed by atoms with van der Waals surface area (Å²) < 4.78 is 17.9. The lowest BCUT2D eigenvalue weighted by atomic mass is 10.2. The highest BCUT2D eigenvalue weighted by Gasteiger charge is 2.34. The maximum atomic E-state index is 12.6. The number of likely N-dealkylation sites (tertiary alicyclic amines) is 1. The van der Waals surface area contributed by atoms with Crippen LogP contribution in [0.4, 0.5) is 4.79 Å². The van der Waals surface area contributed by atoms with Crippen LogP contribution in [0.25, 0.3) is 0 Å². The summed E-state index contributed by atoms with van der Waals surface area (Å²) in [4.78, 5) is 21.8. The van der Waals surface area contributed by atoms with Crippen LogP contribution in [0.2, 0.25) is 5.15 Å². The number of nitrogens with zero attached hydrogens (tertiary/aromatic N) is 3. The normalized spacial score (nSPS) is 20.0. The van der Waals surface area contributed by atoms with Crippen molar-refractivity contribution < 1.29 is 13.7 Å². The van der Waals surface area contributed by atoms with Crippen molar-refractivity contribution in [3.8, 4) is 0 Å². The van der Waals surface area contributed by atoms with Crippen LogP contribution in [0.3, 0.4) is 0 Å². The van der Waals surface area contributed by atoms with Crippen molar-refractivity contribution >= 4 is 28.5 Å². The molecule has 0 bridgehead atoms. The molecule has 1 fully saturated rings. The van der Waals surface area contributed by atoms with Gasteiger partial charge in [0.1, 0.15) is 10.8 Å². The van der Waals surface area contributed by atoms with Crippen LogP contribution in [0, 0.1) is 6.92 Å². The zero-order valence-electron chi connectivity index (χ0n) is 13.1. The van der Waals surface area contributed by atoms with Gasteiger partial charge in [-0.15, -0.1) is 0 Å². The Hall–Kier alpha value is -1.21. The van der Waals surface area contributed by atoms with E-state index in [2.05, 4.69) is 9.97 Å². The molecule has 0 saturated carbocycles. The summed E-state index contributed by atoms with van der Waals surface area (Å²) in [5.41, 5.74) is 0.131. The van der Waals surface area contributed by atoms with E-state index >= 15 is 0 Å². The van der Waals surface area contributed by atoms with E-state index in [1.807, 2.05) is 20.8 Å². The largest absolute Gasteiger partial charge is 0.444 e. The third-order valence-electron chi connectivity index (χ3n) is 3.08. The number of carbonyl (C=O) groups excluding carboxylic acids is 1. The average Bonchev–Trinajstić information content (AvgIpc) is 2.84. The molecule has 2 atom stereocenters. The SMILES string of the molecule is Cc1cc(Cl)nc(S(=O)[C@@H]2CCN(C(=O)OC(C)(C)C)C2)n1. The molecule has 0 radical (unpaired) electrons. The standard InChI is InChI=1S/C14H20ClN3O3S/c1-9-7-11(15)17-12(16-9)22(20)10-5-6-18(8-10)13(19)21-14(2,3)4/h7,10H,5-6,8H2,1-4H3/t10-,22?/m1/s1. The molecule has 0 aromatic carbocycles.